The standard InChI is InChI=1S/C51H37N/c1-51(2)49-27-14-13-26-45(49)48-33-39(32-46(50(48)51)35-18-7-4-8-19-35)52(37-21-15-20-36(30-37)34-16-5-3-6-17-34)38-28-29-44-42-24-10-9-22-40(42)41-23-11-12-25-43(41)47(44)31-38/h3-33H,1-2H3. The van der Waals surface area contributed by atoms with Gasteiger partial charge in [-0.25, -0.2) is 0 Å². The molecule has 9 aromatic rings. The monoisotopic (exact) mass is 663 g/mol. The molecule has 9 aromatic carbocycles. The van der Waals surface area contributed by atoms with Crippen molar-refractivity contribution in [2.75, 3.05) is 4.90 Å². The number of hydrogen-bond acceptors (Lipinski definition) is 1. The van der Waals surface area contributed by atoms with Gasteiger partial charge in [-0.3, -0.25) is 0 Å². The summed E-state index contributed by atoms with van der Waals surface area (Å²) < 4.78 is 0. The van der Waals surface area contributed by atoms with Crippen molar-refractivity contribution >= 4 is 49.4 Å². The molecule has 1 nitrogen and oxygen atoms in total. The van der Waals surface area contributed by atoms with E-state index in [0.717, 1.165) is 17.1 Å². The minimum Gasteiger partial charge on any atom is -0.310 e. The molecule has 52 heavy (non-hydrogen) atoms. The molecule has 0 N–H and O–H groups in total. The van der Waals surface area contributed by atoms with Crippen molar-refractivity contribution in [1.29, 1.82) is 0 Å². The zero-order valence-corrected chi connectivity index (χ0v) is 29.3. The molecule has 0 unspecified atom stereocenters. The molecule has 0 aliphatic heterocycles. The molecule has 0 bridgehead atoms. The lowest BCUT2D eigenvalue weighted by Crippen LogP contribution is -2.17. The summed E-state index contributed by atoms with van der Waals surface area (Å²) in [5.41, 5.74) is 13.5. The number of benzene rings is 9. The fraction of sp³-hybridized carbons (Fsp3) is 0.0588. The van der Waals surface area contributed by atoms with Crippen molar-refractivity contribution in [3.05, 3.63) is 199 Å². The van der Waals surface area contributed by atoms with Crippen LogP contribution in [0, 0.1) is 0 Å². The Morgan fingerprint density at radius 1 is 0.327 bits per heavy atom. The van der Waals surface area contributed by atoms with Gasteiger partial charge in [0.1, 0.15) is 0 Å². The summed E-state index contributed by atoms with van der Waals surface area (Å²) in [6.07, 6.45) is 0. The van der Waals surface area contributed by atoms with Crippen molar-refractivity contribution in [2.45, 2.75) is 19.3 Å². The summed E-state index contributed by atoms with van der Waals surface area (Å²) in [5, 5.41) is 7.65. The van der Waals surface area contributed by atoms with Crippen LogP contribution in [0.5, 0.6) is 0 Å². The molecule has 0 saturated carbocycles. The maximum absolute atomic E-state index is 2.47. The molecule has 1 aliphatic rings. The number of rotatable bonds is 5. The number of anilines is 3. The van der Waals surface area contributed by atoms with Crippen molar-refractivity contribution in [3.8, 4) is 33.4 Å². The largest absolute Gasteiger partial charge is 0.310 e. The maximum atomic E-state index is 2.47. The Morgan fingerprint density at radius 3 is 1.54 bits per heavy atom. The fourth-order valence-corrected chi connectivity index (χ4v) is 8.82. The predicted octanol–water partition coefficient (Wildman–Crippen LogP) is 14.3. The van der Waals surface area contributed by atoms with Crippen LogP contribution < -0.4 is 4.90 Å². The molecule has 0 amide bonds. The zero-order chi connectivity index (χ0) is 34.8. The van der Waals surface area contributed by atoms with E-state index in [9.17, 15) is 0 Å². The van der Waals surface area contributed by atoms with Gasteiger partial charge in [0.15, 0.2) is 0 Å². The molecule has 1 heteroatoms. The van der Waals surface area contributed by atoms with Crippen LogP contribution >= 0.6 is 0 Å². The molecule has 10 rings (SSSR count). The van der Waals surface area contributed by atoms with Crippen molar-refractivity contribution in [3.63, 3.8) is 0 Å². The van der Waals surface area contributed by atoms with Gasteiger partial charge in [-0.1, -0.05) is 166 Å². The lowest BCUT2D eigenvalue weighted by Gasteiger charge is -2.30. The predicted molar refractivity (Wildman–Crippen MR) is 222 cm³/mol. The highest BCUT2D eigenvalue weighted by Gasteiger charge is 2.38. The van der Waals surface area contributed by atoms with Gasteiger partial charge in [0.2, 0.25) is 0 Å². The molecule has 0 spiro atoms. The first-order valence-electron chi connectivity index (χ1n) is 18.2. The molecule has 1 aliphatic carbocycles. The fourth-order valence-electron chi connectivity index (χ4n) is 8.82. The third kappa shape index (κ3) is 4.70. The van der Waals surface area contributed by atoms with Crippen LogP contribution in [0.4, 0.5) is 17.1 Å². The Labute approximate surface area is 305 Å². The molecule has 0 heterocycles. The Balaban J connectivity index is 1.29. The molecular weight excluding hydrogens is 627 g/mol. The van der Waals surface area contributed by atoms with Gasteiger partial charge in [-0.05, 0) is 113 Å². The van der Waals surface area contributed by atoms with Gasteiger partial charge in [0.05, 0.1) is 0 Å². The first-order valence-corrected chi connectivity index (χ1v) is 18.2. The Morgan fingerprint density at radius 2 is 0.846 bits per heavy atom. The topological polar surface area (TPSA) is 3.24 Å². The number of hydrogen-bond donors (Lipinski definition) is 0. The SMILES string of the molecule is CC1(C)c2ccccc2-c2cc(N(c3cccc(-c4ccccc4)c3)c3ccc4c5ccccc5c5ccccc5c4c3)cc(-c3ccccc3)c21. The quantitative estimate of drug-likeness (QED) is 0.166. The smallest absolute Gasteiger partial charge is 0.0474 e. The van der Waals surface area contributed by atoms with Crippen LogP contribution in [0.2, 0.25) is 0 Å². The van der Waals surface area contributed by atoms with Gasteiger partial charge < -0.3 is 4.90 Å². The van der Waals surface area contributed by atoms with E-state index in [1.54, 1.807) is 0 Å². The van der Waals surface area contributed by atoms with Gasteiger partial charge in [-0.15, -0.1) is 0 Å². The minimum atomic E-state index is -0.142. The van der Waals surface area contributed by atoms with Gasteiger partial charge >= 0.3 is 0 Å². The Kier molecular flexibility index (Phi) is 6.91. The second-order valence-electron chi connectivity index (χ2n) is 14.5. The maximum Gasteiger partial charge on any atom is 0.0474 e. The average molecular weight is 664 g/mol. The molecule has 0 saturated heterocycles. The van der Waals surface area contributed by atoms with E-state index in [2.05, 4.69) is 207 Å². The number of nitrogens with zero attached hydrogens (tertiary/aromatic N) is 1. The van der Waals surface area contributed by atoms with Crippen LogP contribution in [0.1, 0.15) is 25.0 Å². The average Bonchev–Trinajstić information content (AvgIpc) is 3.44. The third-order valence-electron chi connectivity index (χ3n) is 11.2. The van der Waals surface area contributed by atoms with Crippen LogP contribution in [0.25, 0.3) is 65.7 Å². The highest BCUT2D eigenvalue weighted by atomic mass is 15.1. The minimum absolute atomic E-state index is 0.142. The van der Waals surface area contributed by atoms with Crippen LogP contribution in [0.15, 0.2) is 188 Å². The third-order valence-corrected chi connectivity index (χ3v) is 11.2. The molecule has 0 radical (unpaired) electrons. The first-order chi connectivity index (χ1) is 25.6. The number of fused-ring (bicyclic) bond motifs is 9. The van der Waals surface area contributed by atoms with Crippen LogP contribution in [-0.2, 0) is 5.41 Å². The summed E-state index contributed by atoms with van der Waals surface area (Å²) in [4.78, 5) is 2.47. The summed E-state index contributed by atoms with van der Waals surface area (Å²) in [6, 6.07) is 69.2. The summed E-state index contributed by atoms with van der Waals surface area (Å²) in [5.74, 6) is 0. The van der Waals surface area contributed by atoms with E-state index < -0.39 is 0 Å². The molecule has 0 aromatic heterocycles. The summed E-state index contributed by atoms with van der Waals surface area (Å²) in [6.45, 7) is 4.76. The Hall–Kier alpha value is -6.44. The van der Waals surface area contributed by atoms with Crippen molar-refractivity contribution in [2.24, 2.45) is 0 Å². The highest BCUT2D eigenvalue weighted by Crippen LogP contribution is 2.54. The van der Waals surface area contributed by atoms with Gasteiger partial charge in [-0.2, -0.15) is 0 Å². The lowest BCUT2D eigenvalue weighted by molar-refractivity contribution is 0.662. The van der Waals surface area contributed by atoms with Gasteiger partial charge in [0.25, 0.3) is 0 Å². The first kappa shape index (κ1) is 30.4. The van der Waals surface area contributed by atoms with Crippen LogP contribution in [0.3, 0.4) is 0 Å². The van der Waals surface area contributed by atoms with E-state index in [1.807, 2.05) is 0 Å². The van der Waals surface area contributed by atoms with Crippen molar-refractivity contribution < 1.29 is 0 Å². The molecule has 0 fully saturated rings. The normalized spacial score (nSPS) is 13.0. The van der Waals surface area contributed by atoms with E-state index in [4.69, 9.17) is 0 Å². The second-order valence-corrected chi connectivity index (χ2v) is 14.5. The zero-order valence-electron chi connectivity index (χ0n) is 29.3. The summed E-state index contributed by atoms with van der Waals surface area (Å²) >= 11 is 0. The van der Waals surface area contributed by atoms with E-state index in [-0.39, 0.29) is 5.41 Å². The van der Waals surface area contributed by atoms with E-state index >= 15 is 0 Å². The molecular formula is C51H37N. The lowest BCUT2D eigenvalue weighted by atomic mass is 9.78. The van der Waals surface area contributed by atoms with Crippen molar-refractivity contribution in [1.82, 2.24) is 0 Å². The molecule has 246 valence electrons. The Bertz CT molecular complexity index is 2780. The molecule has 0 atom stereocenters. The second kappa shape index (κ2) is 11.8. The van der Waals surface area contributed by atoms with Crippen LogP contribution in [-0.4, -0.2) is 0 Å². The summed E-state index contributed by atoms with van der Waals surface area (Å²) in [7, 11) is 0. The van der Waals surface area contributed by atoms with E-state index in [0.29, 0.717) is 0 Å². The van der Waals surface area contributed by atoms with Gasteiger partial charge in [0, 0.05) is 22.5 Å². The highest BCUT2D eigenvalue weighted by molar-refractivity contribution is 6.25. The van der Waals surface area contributed by atoms with E-state index in [1.165, 1.54) is 76.8 Å².